The van der Waals surface area contributed by atoms with Crippen molar-refractivity contribution in [2.24, 2.45) is 5.10 Å². The maximum atomic E-state index is 11.8. The molecular formula is C19H23N3O3S. The van der Waals surface area contributed by atoms with Crippen LogP contribution in [0.4, 0.5) is 5.69 Å². The predicted molar refractivity (Wildman–Crippen MR) is 104 cm³/mol. The number of hydrogen-bond acceptors (Lipinski definition) is 5. The van der Waals surface area contributed by atoms with Crippen LogP contribution in [-0.2, 0) is 9.59 Å². The summed E-state index contributed by atoms with van der Waals surface area (Å²) in [6.45, 7) is 0. The van der Waals surface area contributed by atoms with E-state index in [0.717, 1.165) is 30.6 Å². The van der Waals surface area contributed by atoms with Gasteiger partial charge in [0.25, 0.3) is 0 Å². The monoisotopic (exact) mass is 373 g/mol. The van der Waals surface area contributed by atoms with Crippen molar-refractivity contribution in [3.63, 3.8) is 0 Å². The predicted octanol–water partition coefficient (Wildman–Crippen LogP) is 3.88. The summed E-state index contributed by atoms with van der Waals surface area (Å²) in [5.74, 6) is -0.157. The van der Waals surface area contributed by atoms with Crippen LogP contribution in [0.1, 0.15) is 43.4 Å². The standard InChI is InChI=1S/C19H23N3O3S/c23-17-10-6-5-9-16(17)21-18(24)11-3-1-2-4-12-19(25)22-20-14-15-8-7-13-26-15/h5-10,13-14,23H,1-4,11-12H2,(H,21,24)(H,22,25)/b20-14+. The molecule has 0 aliphatic heterocycles. The third-order valence-electron chi connectivity index (χ3n) is 3.66. The molecule has 2 amide bonds. The van der Waals surface area contributed by atoms with Crippen molar-refractivity contribution in [2.75, 3.05) is 5.32 Å². The highest BCUT2D eigenvalue weighted by Gasteiger charge is 2.05. The van der Waals surface area contributed by atoms with E-state index < -0.39 is 0 Å². The zero-order chi connectivity index (χ0) is 18.6. The molecule has 7 heteroatoms. The Balaban J connectivity index is 1.50. The topological polar surface area (TPSA) is 90.8 Å². The van der Waals surface area contributed by atoms with Gasteiger partial charge in [-0.25, -0.2) is 5.43 Å². The molecular weight excluding hydrogens is 350 g/mol. The smallest absolute Gasteiger partial charge is 0.240 e. The molecule has 0 fully saturated rings. The molecule has 138 valence electrons. The molecule has 0 radical (unpaired) electrons. The number of amides is 2. The van der Waals surface area contributed by atoms with E-state index >= 15 is 0 Å². The van der Waals surface area contributed by atoms with Gasteiger partial charge >= 0.3 is 0 Å². The van der Waals surface area contributed by atoms with Crippen molar-refractivity contribution in [1.82, 2.24) is 5.43 Å². The Hall–Kier alpha value is -2.67. The molecule has 1 heterocycles. The molecule has 2 aromatic rings. The van der Waals surface area contributed by atoms with Crippen LogP contribution in [-0.4, -0.2) is 23.1 Å². The molecule has 0 saturated heterocycles. The van der Waals surface area contributed by atoms with E-state index in [1.807, 2.05) is 17.5 Å². The minimum Gasteiger partial charge on any atom is -0.506 e. The molecule has 0 bridgehead atoms. The Kier molecular flexibility index (Phi) is 8.35. The molecule has 0 aliphatic rings. The lowest BCUT2D eigenvalue weighted by molar-refractivity contribution is -0.121. The number of hydrogen-bond donors (Lipinski definition) is 3. The Morgan fingerprint density at radius 2 is 1.73 bits per heavy atom. The van der Waals surface area contributed by atoms with Gasteiger partial charge in [0.15, 0.2) is 0 Å². The number of carbonyl (C=O) groups excluding carboxylic acids is 2. The normalized spacial score (nSPS) is 10.8. The Morgan fingerprint density at radius 1 is 1.00 bits per heavy atom. The molecule has 0 unspecified atom stereocenters. The minimum absolute atomic E-state index is 0.0635. The Morgan fingerprint density at radius 3 is 2.42 bits per heavy atom. The summed E-state index contributed by atoms with van der Waals surface area (Å²) in [7, 11) is 0. The lowest BCUT2D eigenvalue weighted by Crippen LogP contribution is -2.16. The average molecular weight is 373 g/mol. The average Bonchev–Trinajstić information content (AvgIpc) is 3.13. The number of thiophene rings is 1. The first-order valence-corrected chi connectivity index (χ1v) is 9.46. The van der Waals surface area contributed by atoms with E-state index in [1.165, 1.54) is 6.07 Å². The first-order valence-electron chi connectivity index (χ1n) is 8.58. The van der Waals surface area contributed by atoms with Gasteiger partial charge in [0.1, 0.15) is 5.75 Å². The number of unbranched alkanes of at least 4 members (excludes halogenated alkanes) is 3. The summed E-state index contributed by atoms with van der Waals surface area (Å²) in [6, 6.07) is 10.5. The molecule has 6 nitrogen and oxygen atoms in total. The number of nitrogens with zero attached hydrogens (tertiary/aromatic N) is 1. The lowest BCUT2D eigenvalue weighted by atomic mass is 10.1. The number of benzene rings is 1. The van der Waals surface area contributed by atoms with Crippen molar-refractivity contribution in [3.8, 4) is 5.75 Å². The SMILES string of the molecule is O=C(CCCCCCC(=O)Nc1ccccc1O)N/N=C/c1cccs1. The molecule has 0 saturated carbocycles. The van der Waals surface area contributed by atoms with Crippen LogP contribution in [0.3, 0.4) is 0 Å². The second kappa shape index (κ2) is 11.0. The van der Waals surface area contributed by atoms with Crippen LogP contribution in [0.2, 0.25) is 0 Å². The van der Waals surface area contributed by atoms with Crippen molar-refractivity contribution in [3.05, 3.63) is 46.7 Å². The van der Waals surface area contributed by atoms with Crippen molar-refractivity contribution in [2.45, 2.75) is 38.5 Å². The number of phenols is 1. The molecule has 1 aromatic carbocycles. The second-order valence-electron chi connectivity index (χ2n) is 5.79. The maximum absolute atomic E-state index is 11.8. The number of aromatic hydroxyl groups is 1. The van der Waals surface area contributed by atoms with Gasteiger partial charge in [0, 0.05) is 17.7 Å². The zero-order valence-corrected chi connectivity index (χ0v) is 15.3. The van der Waals surface area contributed by atoms with Crippen LogP contribution >= 0.6 is 11.3 Å². The quantitative estimate of drug-likeness (QED) is 0.255. The van der Waals surface area contributed by atoms with Crippen LogP contribution in [0.5, 0.6) is 5.75 Å². The summed E-state index contributed by atoms with van der Waals surface area (Å²) in [5.41, 5.74) is 2.94. The Labute approximate surface area is 156 Å². The number of rotatable bonds is 10. The number of para-hydroxylation sites is 2. The first kappa shape index (κ1) is 19.7. The van der Waals surface area contributed by atoms with Gasteiger partial charge in [-0.15, -0.1) is 11.3 Å². The van der Waals surface area contributed by atoms with E-state index in [2.05, 4.69) is 15.8 Å². The highest BCUT2D eigenvalue weighted by molar-refractivity contribution is 7.11. The van der Waals surface area contributed by atoms with Gasteiger partial charge in [0.05, 0.1) is 11.9 Å². The molecule has 0 atom stereocenters. The second-order valence-corrected chi connectivity index (χ2v) is 6.77. The summed E-state index contributed by atoms with van der Waals surface area (Å²) >= 11 is 1.56. The molecule has 2 rings (SSSR count). The number of nitrogens with one attached hydrogen (secondary N) is 2. The lowest BCUT2D eigenvalue weighted by Gasteiger charge is -2.06. The van der Waals surface area contributed by atoms with E-state index in [4.69, 9.17) is 0 Å². The number of anilines is 1. The van der Waals surface area contributed by atoms with Gasteiger partial charge < -0.3 is 10.4 Å². The summed E-state index contributed by atoms with van der Waals surface area (Å²) in [6.07, 6.45) is 5.72. The molecule has 3 N–H and O–H groups in total. The summed E-state index contributed by atoms with van der Waals surface area (Å²) < 4.78 is 0. The van der Waals surface area contributed by atoms with Crippen LogP contribution in [0, 0.1) is 0 Å². The molecule has 0 spiro atoms. The van der Waals surface area contributed by atoms with Gasteiger partial charge in [-0.2, -0.15) is 5.10 Å². The van der Waals surface area contributed by atoms with Gasteiger partial charge in [-0.05, 0) is 36.4 Å². The zero-order valence-electron chi connectivity index (χ0n) is 14.5. The number of hydrazone groups is 1. The van der Waals surface area contributed by atoms with E-state index in [0.29, 0.717) is 18.5 Å². The van der Waals surface area contributed by atoms with E-state index in [9.17, 15) is 14.7 Å². The Bertz CT molecular complexity index is 729. The third kappa shape index (κ3) is 7.48. The van der Waals surface area contributed by atoms with Crippen LogP contribution in [0.25, 0.3) is 0 Å². The van der Waals surface area contributed by atoms with E-state index in [-0.39, 0.29) is 17.6 Å². The summed E-state index contributed by atoms with van der Waals surface area (Å²) in [5, 5.41) is 18.2. The van der Waals surface area contributed by atoms with Crippen molar-refractivity contribution >= 4 is 35.1 Å². The van der Waals surface area contributed by atoms with Gasteiger partial charge in [-0.1, -0.05) is 31.0 Å². The number of phenolic OH excluding ortho intramolecular Hbond substituents is 1. The minimum atomic E-state index is -0.118. The fourth-order valence-electron chi connectivity index (χ4n) is 2.31. The highest BCUT2D eigenvalue weighted by Crippen LogP contribution is 2.21. The van der Waals surface area contributed by atoms with Gasteiger partial charge in [0.2, 0.25) is 11.8 Å². The molecule has 1 aromatic heterocycles. The van der Waals surface area contributed by atoms with E-state index in [1.54, 1.807) is 35.8 Å². The summed E-state index contributed by atoms with van der Waals surface area (Å²) in [4.78, 5) is 24.5. The molecule has 26 heavy (non-hydrogen) atoms. The van der Waals surface area contributed by atoms with Gasteiger partial charge in [-0.3, -0.25) is 9.59 Å². The first-order chi connectivity index (χ1) is 12.6. The number of carbonyl (C=O) groups is 2. The fourth-order valence-corrected chi connectivity index (χ4v) is 2.89. The fraction of sp³-hybridized carbons (Fsp3) is 0.316. The molecule has 0 aliphatic carbocycles. The van der Waals surface area contributed by atoms with Crippen LogP contribution < -0.4 is 10.7 Å². The van der Waals surface area contributed by atoms with Crippen molar-refractivity contribution in [1.29, 1.82) is 0 Å². The third-order valence-corrected chi connectivity index (χ3v) is 4.47. The van der Waals surface area contributed by atoms with Crippen LogP contribution in [0.15, 0.2) is 46.9 Å². The largest absolute Gasteiger partial charge is 0.506 e. The van der Waals surface area contributed by atoms with Crippen molar-refractivity contribution < 1.29 is 14.7 Å². The highest BCUT2D eigenvalue weighted by atomic mass is 32.1. The maximum Gasteiger partial charge on any atom is 0.240 e.